The molecular formula is C19H22N2O5. The number of nitro benzene ring substituents is 1. The molecule has 0 aliphatic rings. The smallest absolute Gasteiger partial charge is 0.273 e. The lowest BCUT2D eigenvalue weighted by molar-refractivity contribution is -0.384. The number of hydrogen-bond acceptors (Lipinski definition) is 5. The molecule has 138 valence electrons. The van der Waals surface area contributed by atoms with Gasteiger partial charge in [0.15, 0.2) is 0 Å². The van der Waals surface area contributed by atoms with E-state index in [-0.39, 0.29) is 23.8 Å². The fraction of sp³-hybridized carbons (Fsp3) is 0.316. The number of aryl methyl sites for hydroxylation is 2. The molecule has 0 heterocycles. The third kappa shape index (κ3) is 5.20. The minimum Gasteiger partial charge on any atom is -0.494 e. The van der Waals surface area contributed by atoms with Crippen molar-refractivity contribution < 1.29 is 19.2 Å². The number of rotatable bonds is 8. The molecule has 0 saturated heterocycles. The Morgan fingerprint density at radius 2 is 1.92 bits per heavy atom. The number of hydrogen-bond donors (Lipinski definition) is 1. The van der Waals surface area contributed by atoms with Crippen LogP contribution in [0.3, 0.4) is 0 Å². The van der Waals surface area contributed by atoms with Crippen LogP contribution >= 0.6 is 0 Å². The average Bonchev–Trinajstić information content (AvgIpc) is 2.61. The van der Waals surface area contributed by atoms with Crippen molar-refractivity contribution >= 4 is 17.3 Å². The molecule has 1 N–H and O–H groups in total. The van der Waals surface area contributed by atoms with E-state index >= 15 is 0 Å². The number of non-ortho nitro benzene ring substituents is 1. The minimum absolute atomic E-state index is 0.0956. The molecule has 0 bridgehead atoms. The Morgan fingerprint density at radius 1 is 1.15 bits per heavy atom. The van der Waals surface area contributed by atoms with E-state index in [0.717, 1.165) is 16.9 Å². The largest absolute Gasteiger partial charge is 0.494 e. The first-order valence-electron chi connectivity index (χ1n) is 8.23. The van der Waals surface area contributed by atoms with Gasteiger partial charge in [0.1, 0.15) is 11.5 Å². The van der Waals surface area contributed by atoms with Gasteiger partial charge in [-0.05, 0) is 43.5 Å². The summed E-state index contributed by atoms with van der Waals surface area (Å²) in [7, 11) is 1.40. The van der Waals surface area contributed by atoms with E-state index in [9.17, 15) is 14.9 Å². The van der Waals surface area contributed by atoms with Gasteiger partial charge in [-0.25, -0.2) is 0 Å². The van der Waals surface area contributed by atoms with Crippen LogP contribution in [0.2, 0.25) is 0 Å². The van der Waals surface area contributed by atoms with Crippen molar-refractivity contribution in [3.8, 4) is 11.5 Å². The van der Waals surface area contributed by atoms with Crippen LogP contribution in [0.25, 0.3) is 0 Å². The predicted molar refractivity (Wildman–Crippen MR) is 98.9 cm³/mol. The van der Waals surface area contributed by atoms with Crippen molar-refractivity contribution in [1.29, 1.82) is 0 Å². The molecule has 7 nitrogen and oxygen atoms in total. The molecule has 0 aliphatic carbocycles. The number of nitrogens with zero attached hydrogens (tertiary/aromatic N) is 1. The zero-order valence-corrected chi connectivity index (χ0v) is 15.1. The quantitative estimate of drug-likeness (QED) is 0.437. The van der Waals surface area contributed by atoms with Crippen LogP contribution in [0.4, 0.5) is 11.4 Å². The van der Waals surface area contributed by atoms with E-state index < -0.39 is 4.92 Å². The van der Waals surface area contributed by atoms with Gasteiger partial charge in [-0.2, -0.15) is 0 Å². The lowest BCUT2D eigenvalue weighted by atomic mass is 10.1. The van der Waals surface area contributed by atoms with Crippen molar-refractivity contribution in [2.45, 2.75) is 26.7 Å². The van der Waals surface area contributed by atoms with Crippen LogP contribution in [-0.4, -0.2) is 24.5 Å². The number of amides is 1. The Bertz CT molecular complexity index is 805. The Labute approximate surface area is 152 Å². The molecule has 1 amide bonds. The molecule has 0 aromatic heterocycles. The lowest BCUT2D eigenvalue weighted by Crippen LogP contribution is -2.13. The van der Waals surface area contributed by atoms with Gasteiger partial charge in [-0.3, -0.25) is 14.9 Å². The number of carbonyl (C=O) groups excluding carboxylic acids is 1. The van der Waals surface area contributed by atoms with E-state index in [4.69, 9.17) is 9.47 Å². The summed E-state index contributed by atoms with van der Waals surface area (Å²) < 4.78 is 10.8. The van der Waals surface area contributed by atoms with E-state index in [0.29, 0.717) is 18.7 Å². The molecule has 0 atom stereocenters. The molecule has 0 unspecified atom stereocenters. The molecule has 0 radical (unpaired) electrons. The topological polar surface area (TPSA) is 90.7 Å². The highest BCUT2D eigenvalue weighted by atomic mass is 16.6. The van der Waals surface area contributed by atoms with Crippen LogP contribution in [0.5, 0.6) is 11.5 Å². The molecule has 0 spiro atoms. The van der Waals surface area contributed by atoms with Gasteiger partial charge in [-0.1, -0.05) is 12.1 Å². The molecular weight excluding hydrogens is 336 g/mol. The van der Waals surface area contributed by atoms with Gasteiger partial charge in [0.2, 0.25) is 5.91 Å². The van der Waals surface area contributed by atoms with Crippen LogP contribution < -0.4 is 14.8 Å². The Morgan fingerprint density at radius 3 is 2.62 bits per heavy atom. The second-order valence-electron chi connectivity index (χ2n) is 5.91. The van der Waals surface area contributed by atoms with Crippen LogP contribution in [0.15, 0.2) is 36.4 Å². The van der Waals surface area contributed by atoms with Gasteiger partial charge >= 0.3 is 0 Å². The zero-order valence-electron chi connectivity index (χ0n) is 15.1. The van der Waals surface area contributed by atoms with Gasteiger partial charge in [0, 0.05) is 12.5 Å². The van der Waals surface area contributed by atoms with Crippen molar-refractivity contribution in [3.05, 3.63) is 57.6 Å². The average molecular weight is 358 g/mol. The first-order chi connectivity index (χ1) is 12.4. The van der Waals surface area contributed by atoms with Crippen molar-refractivity contribution in [2.24, 2.45) is 0 Å². The molecule has 2 aromatic rings. The fourth-order valence-electron chi connectivity index (χ4n) is 2.39. The van der Waals surface area contributed by atoms with Crippen molar-refractivity contribution in [1.82, 2.24) is 0 Å². The van der Waals surface area contributed by atoms with E-state index in [1.807, 2.05) is 32.0 Å². The minimum atomic E-state index is -0.515. The maximum Gasteiger partial charge on any atom is 0.273 e. The highest BCUT2D eigenvalue weighted by Crippen LogP contribution is 2.29. The third-order valence-corrected chi connectivity index (χ3v) is 3.82. The summed E-state index contributed by atoms with van der Waals surface area (Å²) in [5.41, 5.74) is 2.48. The monoisotopic (exact) mass is 358 g/mol. The third-order valence-electron chi connectivity index (χ3n) is 3.82. The van der Waals surface area contributed by atoms with E-state index in [1.165, 1.54) is 25.3 Å². The fourth-order valence-corrected chi connectivity index (χ4v) is 2.39. The van der Waals surface area contributed by atoms with Gasteiger partial charge < -0.3 is 14.8 Å². The second-order valence-corrected chi connectivity index (χ2v) is 5.91. The SMILES string of the molecule is COc1cc([N+](=O)[O-])ccc1NC(=O)CCCOc1cc(C)ccc1C. The van der Waals surface area contributed by atoms with Gasteiger partial charge in [0.05, 0.1) is 30.4 Å². The highest BCUT2D eigenvalue weighted by Gasteiger charge is 2.13. The summed E-state index contributed by atoms with van der Waals surface area (Å²) in [5.74, 6) is 0.864. The Balaban J connectivity index is 1.85. The molecule has 0 aliphatic heterocycles. The van der Waals surface area contributed by atoms with Crippen molar-refractivity contribution in [3.63, 3.8) is 0 Å². The summed E-state index contributed by atoms with van der Waals surface area (Å²) >= 11 is 0. The molecule has 7 heteroatoms. The predicted octanol–water partition coefficient (Wildman–Crippen LogP) is 4.02. The van der Waals surface area contributed by atoms with E-state index in [2.05, 4.69) is 5.32 Å². The first kappa shape index (κ1) is 19.2. The van der Waals surface area contributed by atoms with Crippen LogP contribution in [0, 0.1) is 24.0 Å². The normalized spacial score (nSPS) is 10.3. The first-order valence-corrected chi connectivity index (χ1v) is 8.23. The summed E-state index contributed by atoms with van der Waals surface area (Å²) in [6.45, 7) is 4.40. The summed E-state index contributed by atoms with van der Waals surface area (Å²) in [6.07, 6.45) is 0.819. The Hall–Kier alpha value is -3.09. The molecule has 0 saturated carbocycles. The standard InChI is InChI=1S/C19H22N2O5/c1-13-6-7-14(2)17(11-13)26-10-4-5-19(22)20-16-9-8-15(21(23)24)12-18(16)25-3/h6-9,11-12H,4-5,10H2,1-3H3,(H,20,22). The Kier molecular flexibility index (Phi) is 6.54. The number of nitrogens with one attached hydrogen (secondary N) is 1. The van der Waals surface area contributed by atoms with Crippen LogP contribution in [-0.2, 0) is 4.79 Å². The van der Waals surface area contributed by atoms with Crippen LogP contribution in [0.1, 0.15) is 24.0 Å². The number of ether oxygens (including phenoxy) is 2. The highest BCUT2D eigenvalue weighted by molar-refractivity contribution is 5.92. The molecule has 26 heavy (non-hydrogen) atoms. The summed E-state index contributed by atoms with van der Waals surface area (Å²) in [6, 6.07) is 10.0. The van der Waals surface area contributed by atoms with Gasteiger partial charge in [0.25, 0.3) is 5.69 Å². The number of methoxy groups -OCH3 is 1. The number of anilines is 1. The zero-order chi connectivity index (χ0) is 19.1. The number of nitro groups is 1. The van der Waals surface area contributed by atoms with Crippen molar-refractivity contribution in [2.75, 3.05) is 19.0 Å². The maximum absolute atomic E-state index is 12.1. The molecule has 0 fully saturated rings. The summed E-state index contributed by atoms with van der Waals surface area (Å²) in [5, 5.41) is 13.5. The van der Waals surface area contributed by atoms with E-state index in [1.54, 1.807) is 0 Å². The molecule has 2 aromatic carbocycles. The second kappa shape index (κ2) is 8.84. The maximum atomic E-state index is 12.1. The van der Waals surface area contributed by atoms with Gasteiger partial charge in [-0.15, -0.1) is 0 Å². The lowest BCUT2D eigenvalue weighted by Gasteiger charge is -2.11. The summed E-state index contributed by atoms with van der Waals surface area (Å²) in [4.78, 5) is 22.3. The molecule has 2 rings (SSSR count). The number of benzene rings is 2. The number of carbonyl (C=O) groups is 1.